The van der Waals surface area contributed by atoms with Crippen LogP contribution in [0.4, 0.5) is 0 Å². The first kappa shape index (κ1) is 14.2. The maximum Gasteiger partial charge on any atom is 0.246 e. The SMILES string of the molecule is COCC1CCN(C(=O)/C=C/C(C)(C)C)CC1. The smallest absolute Gasteiger partial charge is 0.246 e. The van der Waals surface area contributed by atoms with Gasteiger partial charge in [-0.25, -0.2) is 0 Å². The van der Waals surface area contributed by atoms with Crippen molar-refractivity contribution in [2.45, 2.75) is 33.6 Å². The maximum atomic E-state index is 11.9. The molecule has 17 heavy (non-hydrogen) atoms. The van der Waals surface area contributed by atoms with Gasteiger partial charge in [-0.15, -0.1) is 0 Å². The number of ether oxygens (including phenoxy) is 1. The second-order valence-corrected chi connectivity index (χ2v) is 5.92. The van der Waals surface area contributed by atoms with E-state index < -0.39 is 0 Å². The van der Waals surface area contributed by atoms with Crippen LogP contribution in [-0.2, 0) is 9.53 Å². The van der Waals surface area contributed by atoms with Crippen molar-refractivity contribution >= 4 is 5.91 Å². The summed E-state index contributed by atoms with van der Waals surface area (Å²) < 4.78 is 5.15. The van der Waals surface area contributed by atoms with Gasteiger partial charge in [0.1, 0.15) is 0 Å². The molecule has 0 radical (unpaired) electrons. The van der Waals surface area contributed by atoms with Crippen LogP contribution in [0.1, 0.15) is 33.6 Å². The molecule has 0 atom stereocenters. The third kappa shape index (κ3) is 5.35. The molecule has 0 aromatic rings. The molecule has 0 aromatic heterocycles. The normalized spacial score (nSPS) is 18.9. The molecule has 0 saturated carbocycles. The fraction of sp³-hybridized carbons (Fsp3) is 0.786. The summed E-state index contributed by atoms with van der Waals surface area (Å²) in [7, 11) is 1.74. The van der Waals surface area contributed by atoms with Crippen LogP contribution in [0.25, 0.3) is 0 Å². The van der Waals surface area contributed by atoms with Crippen LogP contribution < -0.4 is 0 Å². The molecule has 0 aromatic carbocycles. The van der Waals surface area contributed by atoms with Gasteiger partial charge >= 0.3 is 0 Å². The minimum absolute atomic E-state index is 0.0734. The molecule has 0 spiro atoms. The minimum atomic E-state index is 0.0734. The second-order valence-electron chi connectivity index (χ2n) is 5.92. The van der Waals surface area contributed by atoms with Crippen molar-refractivity contribution in [3.05, 3.63) is 12.2 Å². The van der Waals surface area contributed by atoms with Crippen molar-refractivity contribution in [2.75, 3.05) is 26.8 Å². The van der Waals surface area contributed by atoms with Crippen molar-refractivity contribution in [3.63, 3.8) is 0 Å². The van der Waals surface area contributed by atoms with Crippen LogP contribution >= 0.6 is 0 Å². The van der Waals surface area contributed by atoms with Crippen molar-refractivity contribution in [2.24, 2.45) is 11.3 Å². The van der Waals surface area contributed by atoms with E-state index >= 15 is 0 Å². The highest BCUT2D eigenvalue weighted by Gasteiger charge is 2.21. The molecule has 3 heteroatoms. The van der Waals surface area contributed by atoms with E-state index in [1.807, 2.05) is 11.0 Å². The summed E-state index contributed by atoms with van der Waals surface area (Å²) in [5, 5.41) is 0. The van der Waals surface area contributed by atoms with E-state index in [0.717, 1.165) is 32.5 Å². The summed E-state index contributed by atoms with van der Waals surface area (Å²) in [6.45, 7) is 8.84. The van der Waals surface area contributed by atoms with Crippen molar-refractivity contribution < 1.29 is 9.53 Å². The van der Waals surface area contributed by atoms with Gasteiger partial charge in [-0.05, 0) is 30.3 Å². The number of hydrogen-bond donors (Lipinski definition) is 0. The largest absolute Gasteiger partial charge is 0.384 e. The van der Waals surface area contributed by atoms with Crippen molar-refractivity contribution in [1.82, 2.24) is 4.90 Å². The average Bonchev–Trinajstić information content (AvgIpc) is 2.26. The first-order valence-corrected chi connectivity index (χ1v) is 6.39. The van der Waals surface area contributed by atoms with Crippen LogP contribution in [0.2, 0.25) is 0 Å². The van der Waals surface area contributed by atoms with Crippen LogP contribution in [0, 0.1) is 11.3 Å². The second kappa shape index (κ2) is 6.20. The molecule has 0 bridgehead atoms. The molecular weight excluding hydrogens is 214 g/mol. The molecule has 1 aliphatic heterocycles. The highest BCUT2D eigenvalue weighted by atomic mass is 16.5. The highest BCUT2D eigenvalue weighted by Crippen LogP contribution is 2.19. The Kier molecular flexibility index (Phi) is 5.19. The van der Waals surface area contributed by atoms with Crippen LogP contribution in [-0.4, -0.2) is 37.6 Å². The van der Waals surface area contributed by atoms with Crippen molar-refractivity contribution in [3.8, 4) is 0 Å². The third-order valence-corrected chi connectivity index (χ3v) is 3.05. The number of hydrogen-bond acceptors (Lipinski definition) is 2. The first-order chi connectivity index (χ1) is 7.92. The number of carbonyl (C=O) groups is 1. The zero-order chi connectivity index (χ0) is 12.9. The molecule has 1 saturated heterocycles. The van der Waals surface area contributed by atoms with Gasteiger partial charge in [-0.1, -0.05) is 26.8 Å². The monoisotopic (exact) mass is 239 g/mol. The molecule has 1 fully saturated rings. The molecular formula is C14H25NO2. The van der Waals surface area contributed by atoms with E-state index in [1.54, 1.807) is 13.2 Å². The Morgan fingerprint density at radius 1 is 1.35 bits per heavy atom. The van der Waals surface area contributed by atoms with Gasteiger partial charge in [0.2, 0.25) is 5.91 Å². The lowest BCUT2D eigenvalue weighted by Crippen LogP contribution is -2.38. The van der Waals surface area contributed by atoms with Crippen LogP contribution in [0.5, 0.6) is 0 Å². The summed E-state index contributed by atoms with van der Waals surface area (Å²) in [6, 6.07) is 0. The Balaban J connectivity index is 2.38. The summed E-state index contributed by atoms with van der Waals surface area (Å²) in [4.78, 5) is 13.9. The Bertz CT molecular complexity index is 270. The quantitative estimate of drug-likeness (QED) is 0.708. The molecule has 98 valence electrons. The molecule has 1 rings (SSSR count). The number of rotatable bonds is 3. The van der Waals surface area contributed by atoms with E-state index in [-0.39, 0.29) is 11.3 Å². The summed E-state index contributed by atoms with van der Waals surface area (Å²) >= 11 is 0. The Morgan fingerprint density at radius 3 is 2.41 bits per heavy atom. The zero-order valence-corrected chi connectivity index (χ0v) is 11.5. The molecule has 0 N–H and O–H groups in total. The number of methoxy groups -OCH3 is 1. The zero-order valence-electron chi connectivity index (χ0n) is 11.5. The topological polar surface area (TPSA) is 29.5 Å². The molecule has 1 aliphatic rings. The van der Waals surface area contributed by atoms with Gasteiger partial charge in [-0.3, -0.25) is 4.79 Å². The number of piperidine rings is 1. The van der Waals surface area contributed by atoms with Crippen LogP contribution in [0.3, 0.4) is 0 Å². The number of likely N-dealkylation sites (tertiary alicyclic amines) is 1. The lowest BCUT2D eigenvalue weighted by molar-refractivity contribution is -0.127. The maximum absolute atomic E-state index is 11.9. The Labute approximate surface area is 105 Å². The number of allylic oxidation sites excluding steroid dienone is 1. The standard InChI is InChI=1S/C14H25NO2/c1-14(2,3)8-5-13(16)15-9-6-12(7-10-15)11-17-4/h5,8,12H,6-7,9-11H2,1-4H3/b8-5+. The Hall–Kier alpha value is -0.830. The lowest BCUT2D eigenvalue weighted by Gasteiger charge is -2.31. The van der Waals surface area contributed by atoms with Gasteiger partial charge in [0.15, 0.2) is 0 Å². The fourth-order valence-electron chi connectivity index (χ4n) is 1.98. The summed E-state index contributed by atoms with van der Waals surface area (Å²) in [6.07, 6.45) is 5.82. The van der Waals surface area contributed by atoms with Gasteiger partial charge in [0.05, 0.1) is 0 Å². The predicted molar refractivity (Wildman–Crippen MR) is 69.8 cm³/mol. The lowest BCUT2D eigenvalue weighted by atomic mass is 9.95. The van der Waals surface area contributed by atoms with E-state index in [1.165, 1.54) is 0 Å². The fourth-order valence-corrected chi connectivity index (χ4v) is 1.98. The number of amides is 1. The summed E-state index contributed by atoms with van der Waals surface area (Å²) in [5.41, 5.74) is 0.0734. The minimum Gasteiger partial charge on any atom is -0.384 e. The molecule has 1 amide bonds. The van der Waals surface area contributed by atoms with E-state index in [9.17, 15) is 4.79 Å². The average molecular weight is 239 g/mol. The van der Waals surface area contributed by atoms with Gasteiger partial charge in [-0.2, -0.15) is 0 Å². The Morgan fingerprint density at radius 2 is 1.94 bits per heavy atom. The molecule has 0 unspecified atom stereocenters. The molecule has 0 aliphatic carbocycles. The van der Waals surface area contributed by atoms with Crippen LogP contribution in [0.15, 0.2) is 12.2 Å². The molecule has 1 heterocycles. The molecule has 3 nitrogen and oxygen atoms in total. The van der Waals surface area contributed by atoms with Gasteiger partial charge in [0, 0.05) is 26.8 Å². The first-order valence-electron chi connectivity index (χ1n) is 6.39. The third-order valence-electron chi connectivity index (χ3n) is 3.05. The van der Waals surface area contributed by atoms with E-state index in [4.69, 9.17) is 4.74 Å². The van der Waals surface area contributed by atoms with Gasteiger partial charge < -0.3 is 9.64 Å². The van der Waals surface area contributed by atoms with Crippen molar-refractivity contribution in [1.29, 1.82) is 0 Å². The number of nitrogens with zero attached hydrogens (tertiary/aromatic N) is 1. The van der Waals surface area contributed by atoms with E-state index in [2.05, 4.69) is 20.8 Å². The number of carbonyl (C=O) groups excluding carboxylic acids is 1. The van der Waals surface area contributed by atoms with E-state index in [0.29, 0.717) is 5.92 Å². The predicted octanol–water partition coefficient (Wildman–Crippen LogP) is 2.47. The van der Waals surface area contributed by atoms with Gasteiger partial charge in [0.25, 0.3) is 0 Å². The summed E-state index contributed by atoms with van der Waals surface area (Å²) in [5.74, 6) is 0.770. The highest BCUT2D eigenvalue weighted by molar-refractivity contribution is 5.87.